The second-order valence-electron chi connectivity index (χ2n) is 5.18. The minimum atomic E-state index is 0.0233. The number of fused-ring (bicyclic) bond motifs is 2. The largest absolute Gasteiger partial charge is 0.294 e. The summed E-state index contributed by atoms with van der Waals surface area (Å²) in [5.41, 5.74) is 2.48. The number of aromatic nitrogens is 3. The quantitative estimate of drug-likeness (QED) is 0.674. The normalized spacial score (nSPS) is 18.8. The number of hydrogen-bond donors (Lipinski definition) is 0. The predicted octanol–water partition coefficient (Wildman–Crippen LogP) is 1.88. The molecule has 0 amide bonds. The van der Waals surface area contributed by atoms with E-state index < -0.39 is 0 Å². The summed E-state index contributed by atoms with van der Waals surface area (Å²) >= 11 is 0. The molecule has 0 aromatic carbocycles. The van der Waals surface area contributed by atoms with Crippen molar-refractivity contribution in [2.45, 2.75) is 26.7 Å². The van der Waals surface area contributed by atoms with Gasteiger partial charge in [0.15, 0.2) is 11.4 Å². The van der Waals surface area contributed by atoms with Crippen LogP contribution in [0.4, 0.5) is 0 Å². The fraction of sp³-hybridized carbons (Fsp3) is 0.417. The van der Waals surface area contributed by atoms with Crippen molar-refractivity contribution < 1.29 is 4.79 Å². The summed E-state index contributed by atoms with van der Waals surface area (Å²) in [6.45, 7) is 4.21. The number of carbonyl (C=O) groups is 1. The Morgan fingerprint density at radius 3 is 3.00 bits per heavy atom. The van der Waals surface area contributed by atoms with Crippen molar-refractivity contribution in [2.24, 2.45) is 5.41 Å². The molecule has 1 aliphatic carbocycles. The summed E-state index contributed by atoms with van der Waals surface area (Å²) in [6.07, 6.45) is 4.95. The third-order valence-electron chi connectivity index (χ3n) is 3.05. The van der Waals surface area contributed by atoms with Crippen molar-refractivity contribution in [1.82, 2.24) is 14.6 Å². The van der Waals surface area contributed by atoms with E-state index in [2.05, 4.69) is 23.9 Å². The minimum Gasteiger partial charge on any atom is -0.294 e. The first-order chi connectivity index (χ1) is 7.55. The van der Waals surface area contributed by atoms with E-state index in [4.69, 9.17) is 0 Å². The van der Waals surface area contributed by atoms with Crippen LogP contribution in [-0.4, -0.2) is 20.4 Å². The molecule has 0 aliphatic heterocycles. The number of ketones is 1. The third-order valence-corrected chi connectivity index (χ3v) is 3.05. The minimum absolute atomic E-state index is 0.0233. The van der Waals surface area contributed by atoms with Crippen LogP contribution in [0.15, 0.2) is 18.5 Å². The molecule has 0 radical (unpaired) electrons. The van der Waals surface area contributed by atoms with Gasteiger partial charge in [-0.1, -0.05) is 13.8 Å². The fourth-order valence-corrected chi connectivity index (χ4v) is 2.30. The Labute approximate surface area is 93.3 Å². The predicted molar refractivity (Wildman–Crippen MR) is 59.4 cm³/mol. The maximum absolute atomic E-state index is 12.0. The molecule has 1 aliphatic rings. The van der Waals surface area contributed by atoms with E-state index in [1.165, 1.54) is 0 Å². The monoisotopic (exact) mass is 215 g/mol. The van der Waals surface area contributed by atoms with Crippen LogP contribution in [0.5, 0.6) is 0 Å². The van der Waals surface area contributed by atoms with Crippen molar-refractivity contribution in [2.75, 3.05) is 0 Å². The maximum atomic E-state index is 12.0. The SMILES string of the molecule is CC1(C)CC(=O)c2cn3nccc3nc2C1. The second kappa shape index (κ2) is 2.90. The molecule has 2 heterocycles. The van der Waals surface area contributed by atoms with Gasteiger partial charge in [0.2, 0.25) is 0 Å². The van der Waals surface area contributed by atoms with E-state index in [-0.39, 0.29) is 11.2 Å². The highest BCUT2D eigenvalue weighted by atomic mass is 16.1. The number of Topliss-reactive ketones (excluding diaryl/α,β-unsaturated/α-hetero) is 1. The van der Waals surface area contributed by atoms with Crippen LogP contribution in [0.2, 0.25) is 0 Å². The molecule has 4 heteroatoms. The van der Waals surface area contributed by atoms with E-state index in [0.29, 0.717) is 6.42 Å². The first kappa shape index (κ1) is 9.51. The number of hydrogen-bond acceptors (Lipinski definition) is 3. The zero-order valence-electron chi connectivity index (χ0n) is 9.40. The lowest BCUT2D eigenvalue weighted by atomic mass is 9.76. The highest BCUT2D eigenvalue weighted by Crippen LogP contribution is 2.33. The third kappa shape index (κ3) is 1.33. The van der Waals surface area contributed by atoms with Crippen molar-refractivity contribution in [1.29, 1.82) is 0 Å². The summed E-state index contributed by atoms with van der Waals surface area (Å²) in [7, 11) is 0. The summed E-state index contributed by atoms with van der Waals surface area (Å²) < 4.78 is 1.66. The molecule has 16 heavy (non-hydrogen) atoms. The van der Waals surface area contributed by atoms with Gasteiger partial charge in [-0.15, -0.1) is 0 Å². The van der Waals surface area contributed by atoms with Gasteiger partial charge in [-0.05, 0) is 11.8 Å². The summed E-state index contributed by atoms with van der Waals surface area (Å²) in [5, 5.41) is 4.10. The van der Waals surface area contributed by atoms with Gasteiger partial charge in [-0.3, -0.25) is 4.79 Å². The van der Waals surface area contributed by atoms with Gasteiger partial charge in [0.1, 0.15) is 0 Å². The summed E-state index contributed by atoms with van der Waals surface area (Å²) in [6, 6.07) is 1.85. The second-order valence-corrected chi connectivity index (χ2v) is 5.18. The molecule has 0 spiro atoms. The Morgan fingerprint density at radius 1 is 1.38 bits per heavy atom. The van der Waals surface area contributed by atoms with Crippen molar-refractivity contribution >= 4 is 11.4 Å². The molecular formula is C12H13N3O. The van der Waals surface area contributed by atoms with Gasteiger partial charge in [0, 0.05) is 18.7 Å². The molecule has 0 saturated carbocycles. The van der Waals surface area contributed by atoms with E-state index in [9.17, 15) is 4.79 Å². The first-order valence-electron chi connectivity index (χ1n) is 5.42. The Bertz CT molecular complexity index is 583. The molecule has 82 valence electrons. The van der Waals surface area contributed by atoms with Crippen LogP contribution in [0, 0.1) is 5.41 Å². The average molecular weight is 215 g/mol. The summed E-state index contributed by atoms with van der Waals surface area (Å²) in [5.74, 6) is 0.177. The molecule has 3 rings (SSSR count). The zero-order valence-corrected chi connectivity index (χ0v) is 9.40. The molecule has 2 aromatic rings. The van der Waals surface area contributed by atoms with Crippen molar-refractivity contribution in [3.05, 3.63) is 29.7 Å². The van der Waals surface area contributed by atoms with Gasteiger partial charge < -0.3 is 0 Å². The van der Waals surface area contributed by atoms with E-state index in [0.717, 1.165) is 23.3 Å². The molecule has 4 nitrogen and oxygen atoms in total. The van der Waals surface area contributed by atoms with Crippen LogP contribution < -0.4 is 0 Å². The van der Waals surface area contributed by atoms with Crippen molar-refractivity contribution in [3.63, 3.8) is 0 Å². The highest BCUT2D eigenvalue weighted by molar-refractivity contribution is 5.98. The molecule has 0 saturated heterocycles. The fourth-order valence-electron chi connectivity index (χ4n) is 2.30. The van der Waals surface area contributed by atoms with Gasteiger partial charge >= 0.3 is 0 Å². The molecule has 0 N–H and O–H groups in total. The Kier molecular flexibility index (Phi) is 1.73. The number of rotatable bonds is 0. The van der Waals surface area contributed by atoms with Gasteiger partial charge in [-0.2, -0.15) is 5.10 Å². The molecular weight excluding hydrogens is 202 g/mol. The van der Waals surface area contributed by atoms with Crippen LogP contribution in [-0.2, 0) is 6.42 Å². The highest BCUT2D eigenvalue weighted by Gasteiger charge is 2.32. The topological polar surface area (TPSA) is 47.3 Å². The Morgan fingerprint density at radius 2 is 2.19 bits per heavy atom. The van der Waals surface area contributed by atoms with Gasteiger partial charge in [0.05, 0.1) is 17.5 Å². The van der Waals surface area contributed by atoms with Crippen molar-refractivity contribution in [3.8, 4) is 0 Å². The molecule has 0 unspecified atom stereocenters. The van der Waals surface area contributed by atoms with Crippen LogP contribution in [0.25, 0.3) is 5.65 Å². The lowest BCUT2D eigenvalue weighted by Crippen LogP contribution is -2.28. The Hall–Kier alpha value is -1.71. The molecule has 0 fully saturated rings. The smallest absolute Gasteiger partial charge is 0.166 e. The Balaban J connectivity index is 2.24. The lowest BCUT2D eigenvalue weighted by molar-refractivity contribution is 0.0909. The van der Waals surface area contributed by atoms with E-state index in [1.54, 1.807) is 16.9 Å². The molecule has 0 atom stereocenters. The molecule has 0 bridgehead atoms. The summed E-state index contributed by atoms with van der Waals surface area (Å²) in [4.78, 5) is 16.5. The average Bonchev–Trinajstić information content (AvgIpc) is 2.60. The van der Waals surface area contributed by atoms with Gasteiger partial charge in [0.25, 0.3) is 0 Å². The van der Waals surface area contributed by atoms with Gasteiger partial charge in [-0.25, -0.2) is 9.50 Å². The van der Waals surface area contributed by atoms with E-state index >= 15 is 0 Å². The maximum Gasteiger partial charge on any atom is 0.166 e. The lowest BCUT2D eigenvalue weighted by Gasteiger charge is -2.29. The number of nitrogens with zero attached hydrogens (tertiary/aromatic N) is 3. The zero-order chi connectivity index (χ0) is 11.3. The van der Waals surface area contributed by atoms with Crippen LogP contribution >= 0.6 is 0 Å². The van der Waals surface area contributed by atoms with E-state index in [1.807, 2.05) is 6.07 Å². The molecule has 2 aromatic heterocycles. The standard InChI is InChI=1S/C12H13N3O/c1-12(2)5-9-8(10(16)6-12)7-15-11(14-9)3-4-13-15/h3-4,7H,5-6H2,1-2H3. The number of carbonyl (C=O) groups excluding carboxylic acids is 1. The van der Waals surface area contributed by atoms with Crippen LogP contribution in [0.1, 0.15) is 36.3 Å². The van der Waals surface area contributed by atoms with Crippen LogP contribution in [0.3, 0.4) is 0 Å². The first-order valence-corrected chi connectivity index (χ1v) is 5.42.